The van der Waals surface area contributed by atoms with Crippen molar-refractivity contribution in [2.24, 2.45) is 5.73 Å². The number of benzene rings is 2. The molecule has 0 saturated heterocycles. The Hall–Kier alpha value is -4.19. The minimum Gasteiger partial charge on any atom is -0.365 e. The number of halogens is 1. The van der Waals surface area contributed by atoms with Gasteiger partial charge in [0.25, 0.3) is 5.91 Å². The molecule has 3 aromatic rings. The van der Waals surface area contributed by atoms with Crippen LogP contribution < -0.4 is 11.1 Å². The molecule has 1 aromatic heterocycles. The lowest BCUT2D eigenvalue weighted by atomic mass is 10.0. The molecule has 0 saturated carbocycles. The van der Waals surface area contributed by atoms with Gasteiger partial charge in [-0.1, -0.05) is 23.8 Å². The van der Waals surface area contributed by atoms with E-state index < -0.39 is 24.7 Å². The summed E-state index contributed by atoms with van der Waals surface area (Å²) in [5.74, 6) is -0.685. The Kier molecular flexibility index (Phi) is 5.60. The Morgan fingerprint density at radius 1 is 1.28 bits per heavy atom. The Balaban J connectivity index is 1.68. The van der Waals surface area contributed by atoms with Crippen LogP contribution in [0.2, 0.25) is 0 Å². The molecular formula is C23H21FN6O2. The van der Waals surface area contributed by atoms with Crippen LogP contribution in [-0.4, -0.2) is 39.8 Å². The van der Waals surface area contributed by atoms with Crippen molar-refractivity contribution in [2.75, 3.05) is 18.5 Å². The summed E-state index contributed by atoms with van der Waals surface area (Å²) in [6.45, 7) is 1.29. The monoisotopic (exact) mass is 432 g/mol. The van der Waals surface area contributed by atoms with Crippen LogP contribution in [0.1, 0.15) is 33.2 Å². The lowest BCUT2D eigenvalue weighted by Gasteiger charge is -2.33. The van der Waals surface area contributed by atoms with Crippen LogP contribution in [0, 0.1) is 18.3 Å². The maximum atomic E-state index is 13.9. The molecule has 1 unspecified atom stereocenters. The molecule has 3 N–H and O–H groups in total. The molecule has 1 aliphatic rings. The zero-order valence-electron chi connectivity index (χ0n) is 17.4. The van der Waals surface area contributed by atoms with Gasteiger partial charge in [-0.2, -0.15) is 10.4 Å². The predicted molar refractivity (Wildman–Crippen MR) is 117 cm³/mol. The summed E-state index contributed by atoms with van der Waals surface area (Å²) in [5, 5.41) is 16.2. The first kappa shape index (κ1) is 21.1. The number of anilines is 1. The van der Waals surface area contributed by atoms with Gasteiger partial charge in [0.2, 0.25) is 0 Å². The summed E-state index contributed by atoms with van der Waals surface area (Å²) in [6.07, 6.45) is 0. The molecule has 8 nitrogen and oxygen atoms in total. The Labute approximate surface area is 184 Å². The van der Waals surface area contributed by atoms with Gasteiger partial charge in [0.15, 0.2) is 0 Å². The highest BCUT2D eigenvalue weighted by Crippen LogP contribution is 2.32. The molecular weight excluding hydrogens is 411 g/mol. The molecule has 0 fully saturated rings. The van der Waals surface area contributed by atoms with Gasteiger partial charge in [-0.3, -0.25) is 9.48 Å². The number of hydrogen-bond acceptors (Lipinski definition) is 4. The normalized spacial score (nSPS) is 15.0. The van der Waals surface area contributed by atoms with Gasteiger partial charge >= 0.3 is 6.03 Å². The molecule has 32 heavy (non-hydrogen) atoms. The standard InChI is InChI=1S/C23H21FN6O2/c1-14-3-2-4-16(9-14)21-20(22(26)31)19-13-29(12-18(10-24)30(19)28-21)23(32)27-17-7-5-15(11-25)6-8-17/h2-9,18H,10,12-13H2,1H3,(H2,26,31)(H,27,32). The van der Waals surface area contributed by atoms with Crippen molar-refractivity contribution in [2.45, 2.75) is 19.5 Å². The second kappa shape index (κ2) is 8.51. The number of rotatable bonds is 4. The van der Waals surface area contributed by atoms with E-state index in [1.807, 2.05) is 37.3 Å². The average molecular weight is 432 g/mol. The van der Waals surface area contributed by atoms with Crippen molar-refractivity contribution in [3.63, 3.8) is 0 Å². The number of primary amides is 1. The van der Waals surface area contributed by atoms with Crippen molar-refractivity contribution in [3.05, 3.63) is 70.9 Å². The maximum absolute atomic E-state index is 13.9. The first-order valence-corrected chi connectivity index (χ1v) is 10.0. The number of nitriles is 1. The van der Waals surface area contributed by atoms with Gasteiger partial charge in [-0.25, -0.2) is 9.18 Å². The molecule has 4 rings (SSSR count). The summed E-state index contributed by atoms with van der Waals surface area (Å²) in [6, 6.07) is 14.7. The number of alkyl halides is 1. The van der Waals surface area contributed by atoms with Crippen LogP contribution >= 0.6 is 0 Å². The smallest absolute Gasteiger partial charge is 0.322 e. The highest BCUT2D eigenvalue weighted by atomic mass is 19.1. The third-order valence-corrected chi connectivity index (χ3v) is 5.40. The van der Waals surface area contributed by atoms with E-state index in [1.165, 1.54) is 9.58 Å². The van der Waals surface area contributed by atoms with Crippen molar-refractivity contribution in [3.8, 4) is 17.3 Å². The number of nitrogens with two attached hydrogens (primary N) is 1. The van der Waals surface area contributed by atoms with Gasteiger partial charge in [0, 0.05) is 17.8 Å². The second-order valence-electron chi connectivity index (χ2n) is 7.66. The number of urea groups is 1. The van der Waals surface area contributed by atoms with Gasteiger partial charge < -0.3 is 16.0 Å². The highest BCUT2D eigenvalue weighted by Gasteiger charge is 2.34. The largest absolute Gasteiger partial charge is 0.365 e. The highest BCUT2D eigenvalue weighted by molar-refractivity contribution is 6.00. The summed E-state index contributed by atoms with van der Waals surface area (Å²) >= 11 is 0. The van der Waals surface area contributed by atoms with Crippen LogP contribution in [0.15, 0.2) is 48.5 Å². The third-order valence-electron chi connectivity index (χ3n) is 5.40. The molecule has 2 heterocycles. The van der Waals surface area contributed by atoms with E-state index in [9.17, 15) is 14.0 Å². The quantitative estimate of drug-likeness (QED) is 0.657. The number of hydrogen-bond donors (Lipinski definition) is 2. The average Bonchev–Trinajstić information content (AvgIpc) is 3.19. The summed E-state index contributed by atoms with van der Waals surface area (Å²) < 4.78 is 15.4. The number of amides is 3. The zero-order chi connectivity index (χ0) is 22.8. The Morgan fingerprint density at radius 3 is 2.66 bits per heavy atom. The van der Waals surface area contributed by atoms with E-state index in [4.69, 9.17) is 11.0 Å². The molecule has 2 aromatic carbocycles. The van der Waals surface area contributed by atoms with Crippen LogP contribution in [0.5, 0.6) is 0 Å². The van der Waals surface area contributed by atoms with E-state index >= 15 is 0 Å². The van der Waals surface area contributed by atoms with E-state index in [-0.39, 0.29) is 18.7 Å². The Bertz CT molecular complexity index is 1230. The molecule has 0 spiro atoms. The van der Waals surface area contributed by atoms with Crippen molar-refractivity contribution in [1.82, 2.24) is 14.7 Å². The number of carbonyl (C=O) groups excluding carboxylic acids is 2. The van der Waals surface area contributed by atoms with Gasteiger partial charge in [0.1, 0.15) is 12.4 Å². The van der Waals surface area contributed by atoms with Crippen molar-refractivity contribution >= 4 is 17.6 Å². The fourth-order valence-corrected chi connectivity index (χ4v) is 3.85. The lowest BCUT2D eigenvalue weighted by molar-refractivity contribution is 0.0995. The van der Waals surface area contributed by atoms with Crippen LogP contribution in [0.25, 0.3) is 11.3 Å². The topological polar surface area (TPSA) is 117 Å². The van der Waals surface area contributed by atoms with Crippen LogP contribution in [0.4, 0.5) is 14.9 Å². The first-order chi connectivity index (χ1) is 15.4. The lowest BCUT2D eigenvalue weighted by Crippen LogP contribution is -2.44. The number of carbonyl (C=O) groups is 2. The molecule has 1 aliphatic heterocycles. The molecule has 3 amide bonds. The van der Waals surface area contributed by atoms with Crippen molar-refractivity contribution < 1.29 is 14.0 Å². The molecule has 0 aliphatic carbocycles. The molecule has 1 atom stereocenters. The summed E-state index contributed by atoms with van der Waals surface area (Å²) in [5.41, 5.74) is 9.30. The maximum Gasteiger partial charge on any atom is 0.322 e. The van der Waals surface area contributed by atoms with E-state index in [1.54, 1.807) is 24.3 Å². The molecule has 0 bridgehead atoms. The number of fused-ring (bicyclic) bond motifs is 1. The number of nitrogens with one attached hydrogen (secondary N) is 1. The van der Waals surface area contributed by atoms with Crippen molar-refractivity contribution in [1.29, 1.82) is 5.26 Å². The summed E-state index contributed by atoms with van der Waals surface area (Å²) in [4.78, 5) is 26.7. The van der Waals surface area contributed by atoms with Gasteiger partial charge in [-0.15, -0.1) is 0 Å². The third kappa shape index (κ3) is 3.90. The van der Waals surface area contributed by atoms with Crippen LogP contribution in [-0.2, 0) is 6.54 Å². The molecule has 9 heteroatoms. The van der Waals surface area contributed by atoms with E-state index in [0.29, 0.717) is 28.2 Å². The first-order valence-electron chi connectivity index (χ1n) is 10.0. The SMILES string of the molecule is Cc1cccc(-c2nn3c(c2C(N)=O)CN(C(=O)Nc2ccc(C#N)cc2)CC3CF)c1. The van der Waals surface area contributed by atoms with Crippen LogP contribution in [0.3, 0.4) is 0 Å². The van der Waals surface area contributed by atoms with E-state index in [0.717, 1.165) is 5.56 Å². The zero-order valence-corrected chi connectivity index (χ0v) is 17.4. The number of aryl methyl sites for hydroxylation is 1. The Morgan fingerprint density at radius 2 is 2.03 bits per heavy atom. The number of nitrogens with zero attached hydrogens (tertiary/aromatic N) is 4. The number of aromatic nitrogens is 2. The summed E-state index contributed by atoms with van der Waals surface area (Å²) in [7, 11) is 0. The molecule has 162 valence electrons. The fraction of sp³-hybridized carbons (Fsp3) is 0.217. The minimum absolute atomic E-state index is 0.0513. The van der Waals surface area contributed by atoms with E-state index in [2.05, 4.69) is 10.4 Å². The minimum atomic E-state index is -0.763. The predicted octanol–water partition coefficient (Wildman–Crippen LogP) is 3.39. The van der Waals surface area contributed by atoms with Gasteiger partial charge in [0.05, 0.1) is 35.5 Å². The molecule has 0 radical (unpaired) electrons. The second-order valence-corrected chi connectivity index (χ2v) is 7.66. The van der Waals surface area contributed by atoms with Gasteiger partial charge in [-0.05, 0) is 37.3 Å². The fourth-order valence-electron chi connectivity index (χ4n) is 3.85.